The van der Waals surface area contributed by atoms with E-state index in [1.165, 1.54) is 36.8 Å². The molecule has 4 aromatic carbocycles. The van der Waals surface area contributed by atoms with Crippen molar-refractivity contribution in [3.05, 3.63) is 108 Å². The lowest BCUT2D eigenvalue weighted by molar-refractivity contribution is 0.287. The zero-order chi connectivity index (χ0) is 30.0. The average Bonchev–Trinajstić information content (AvgIpc) is 3.05. The smallest absolute Gasteiger partial charge is 0.119 e. The Labute approximate surface area is 256 Å². The van der Waals surface area contributed by atoms with Crippen LogP contribution in [0.1, 0.15) is 69.4 Å². The maximum Gasteiger partial charge on any atom is 0.119 e. The van der Waals surface area contributed by atoms with E-state index in [1.54, 1.807) is 0 Å². The fourth-order valence-corrected chi connectivity index (χ4v) is 4.48. The predicted octanol–water partition coefficient (Wildman–Crippen LogP) is 12.0. The molecule has 224 valence electrons. The van der Waals surface area contributed by atoms with E-state index in [0.717, 1.165) is 66.4 Å². The summed E-state index contributed by atoms with van der Waals surface area (Å²) in [5.41, 5.74) is 5.92. The van der Waals surface area contributed by atoms with Crippen molar-refractivity contribution in [3.63, 3.8) is 0 Å². The molecule has 4 aromatic rings. The fourth-order valence-electron chi connectivity index (χ4n) is 4.48. The Hall–Kier alpha value is -4.32. The molecule has 0 amide bonds. The molecular weight excluding hydrogens is 532 g/mol. The minimum absolute atomic E-state index is 0.699. The summed E-state index contributed by atoms with van der Waals surface area (Å²) in [5.74, 6) is 1.71. The first-order valence-corrected chi connectivity index (χ1v) is 15.6. The Morgan fingerprint density at radius 2 is 0.837 bits per heavy atom. The summed E-state index contributed by atoms with van der Waals surface area (Å²) in [6.45, 7) is 5.70. The summed E-state index contributed by atoms with van der Waals surface area (Å²) in [7, 11) is 0. The summed E-state index contributed by atoms with van der Waals surface area (Å²) < 4.78 is 11.8. The Bertz CT molecular complexity index is 1380. The van der Waals surface area contributed by atoms with Crippen LogP contribution in [0.15, 0.2) is 118 Å². The van der Waals surface area contributed by atoms with Gasteiger partial charge in [0.05, 0.1) is 36.0 Å². The predicted molar refractivity (Wildman–Crippen MR) is 176 cm³/mol. The van der Waals surface area contributed by atoms with E-state index >= 15 is 0 Å². The van der Waals surface area contributed by atoms with E-state index < -0.39 is 0 Å². The molecule has 0 saturated heterocycles. The van der Waals surface area contributed by atoms with Crippen molar-refractivity contribution in [2.45, 2.75) is 71.6 Å². The summed E-state index contributed by atoms with van der Waals surface area (Å²) in [6, 6.07) is 31.9. The number of hydrogen-bond acceptors (Lipinski definition) is 6. The molecule has 6 nitrogen and oxygen atoms in total. The van der Waals surface area contributed by atoms with Crippen LogP contribution in [0.4, 0.5) is 22.7 Å². The Kier molecular flexibility index (Phi) is 13.4. The third-order valence-corrected chi connectivity index (χ3v) is 7.10. The van der Waals surface area contributed by atoms with Gasteiger partial charge in [0, 0.05) is 0 Å². The highest BCUT2D eigenvalue weighted by Gasteiger charge is 1.99. The van der Waals surface area contributed by atoms with Gasteiger partial charge in [-0.25, -0.2) is 0 Å². The van der Waals surface area contributed by atoms with Crippen molar-refractivity contribution in [1.29, 1.82) is 0 Å². The van der Waals surface area contributed by atoms with Gasteiger partial charge in [0.15, 0.2) is 0 Å². The van der Waals surface area contributed by atoms with E-state index in [4.69, 9.17) is 9.47 Å². The van der Waals surface area contributed by atoms with E-state index in [9.17, 15) is 0 Å². The van der Waals surface area contributed by atoms with Crippen LogP contribution < -0.4 is 9.47 Å². The molecular formula is C37H44N4O2. The van der Waals surface area contributed by atoms with Gasteiger partial charge in [-0.3, -0.25) is 0 Å². The first-order chi connectivity index (χ1) is 21.2. The lowest BCUT2D eigenvalue weighted by Gasteiger charge is -2.07. The Balaban J connectivity index is 1.05. The number of nitrogens with zero attached hydrogens (tertiary/aromatic N) is 4. The second kappa shape index (κ2) is 18.3. The normalized spacial score (nSPS) is 11.4. The van der Waals surface area contributed by atoms with Gasteiger partial charge in [0.1, 0.15) is 11.5 Å². The van der Waals surface area contributed by atoms with Crippen LogP contribution in [0.25, 0.3) is 0 Å². The molecule has 4 rings (SSSR count). The van der Waals surface area contributed by atoms with Crippen LogP contribution in [0.3, 0.4) is 0 Å². The molecule has 43 heavy (non-hydrogen) atoms. The standard InChI is InChI=1S/C37H44N4O2/c1-3-4-5-8-11-31-14-18-33(19-15-31)39-41-35-22-26-37(27-23-35)43-29-10-7-6-9-28-42-36-24-20-34(21-25-36)40-38-32-16-12-30(2)13-17-32/h12-27H,3-11,28-29H2,1-2H3. The maximum absolute atomic E-state index is 5.90. The molecule has 0 fully saturated rings. The van der Waals surface area contributed by atoms with Gasteiger partial charge in [-0.2, -0.15) is 20.5 Å². The van der Waals surface area contributed by atoms with E-state index in [-0.39, 0.29) is 0 Å². The van der Waals surface area contributed by atoms with Crippen molar-refractivity contribution in [2.75, 3.05) is 13.2 Å². The monoisotopic (exact) mass is 576 g/mol. The van der Waals surface area contributed by atoms with Gasteiger partial charge in [0.25, 0.3) is 0 Å². The highest BCUT2D eigenvalue weighted by atomic mass is 16.5. The molecule has 0 spiro atoms. The third-order valence-electron chi connectivity index (χ3n) is 7.10. The van der Waals surface area contributed by atoms with Gasteiger partial charge in [-0.1, -0.05) is 56.0 Å². The second-order valence-electron chi connectivity index (χ2n) is 10.8. The zero-order valence-corrected chi connectivity index (χ0v) is 25.6. The van der Waals surface area contributed by atoms with Gasteiger partial charge >= 0.3 is 0 Å². The van der Waals surface area contributed by atoms with Crippen LogP contribution in [-0.4, -0.2) is 13.2 Å². The van der Waals surface area contributed by atoms with Crippen LogP contribution >= 0.6 is 0 Å². The number of azo groups is 2. The average molecular weight is 577 g/mol. The molecule has 0 bridgehead atoms. The molecule has 0 unspecified atom stereocenters. The maximum atomic E-state index is 5.90. The van der Waals surface area contributed by atoms with Gasteiger partial charge in [0.2, 0.25) is 0 Å². The first-order valence-electron chi connectivity index (χ1n) is 15.6. The van der Waals surface area contributed by atoms with Gasteiger partial charge < -0.3 is 9.47 Å². The van der Waals surface area contributed by atoms with E-state index in [0.29, 0.717) is 13.2 Å². The molecule has 0 aliphatic heterocycles. The third kappa shape index (κ3) is 12.2. The van der Waals surface area contributed by atoms with Crippen molar-refractivity contribution < 1.29 is 9.47 Å². The molecule has 0 saturated carbocycles. The van der Waals surface area contributed by atoms with E-state index in [2.05, 4.69) is 46.4 Å². The topological polar surface area (TPSA) is 67.9 Å². The molecule has 0 aliphatic rings. The Morgan fingerprint density at radius 1 is 0.442 bits per heavy atom. The number of aryl methyl sites for hydroxylation is 2. The highest BCUT2D eigenvalue weighted by molar-refractivity contribution is 5.44. The molecule has 0 radical (unpaired) electrons. The number of rotatable bonds is 18. The SMILES string of the molecule is CCCCCCc1ccc(N=Nc2ccc(OCCCCCCOc3ccc(N=Nc4ccc(C)cc4)cc3)cc2)cc1. The lowest BCUT2D eigenvalue weighted by atomic mass is 10.1. The lowest BCUT2D eigenvalue weighted by Crippen LogP contribution is -1.99. The summed E-state index contributed by atoms with van der Waals surface area (Å²) in [4.78, 5) is 0. The summed E-state index contributed by atoms with van der Waals surface area (Å²) in [5, 5.41) is 17.3. The molecule has 0 N–H and O–H groups in total. The molecule has 0 aliphatic carbocycles. The number of ether oxygens (including phenoxy) is 2. The summed E-state index contributed by atoms with van der Waals surface area (Å²) in [6.07, 6.45) is 10.5. The van der Waals surface area contributed by atoms with Crippen molar-refractivity contribution in [3.8, 4) is 11.5 Å². The number of hydrogen-bond donors (Lipinski definition) is 0. The first kappa shape index (κ1) is 31.6. The van der Waals surface area contributed by atoms with Crippen LogP contribution in [0.2, 0.25) is 0 Å². The quantitative estimate of drug-likeness (QED) is 0.0873. The van der Waals surface area contributed by atoms with Gasteiger partial charge in [-0.05, 0) is 124 Å². The van der Waals surface area contributed by atoms with Crippen molar-refractivity contribution in [2.24, 2.45) is 20.5 Å². The number of benzene rings is 4. The Morgan fingerprint density at radius 3 is 1.28 bits per heavy atom. The van der Waals surface area contributed by atoms with Crippen LogP contribution in [-0.2, 0) is 6.42 Å². The summed E-state index contributed by atoms with van der Waals surface area (Å²) >= 11 is 0. The van der Waals surface area contributed by atoms with Gasteiger partial charge in [-0.15, -0.1) is 0 Å². The molecule has 6 heteroatoms. The van der Waals surface area contributed by atoms with Crippen LogP contribution in [0, 0.1) is 6.92 Å². The molecule has 0 aromatic heterocycles. The van der Waals surface area contributed by atoms with Crippen LogP contribution in [0.5, 0.6) is 11.5 Å². The highest BCUT2D eigenvalue weighted by Crippen LogP contribution is 2.23. The fraction of sp³-hybridized carbons (Fsp3) is 0.351. The van der Waals surface area contributed by atoms with E-state index in [1.807, 2.05) is 84.9 Å². The minimum Gasteiger partial charge on any atom is -0.494 e. The van der Waals surface area contributed by atoms with Crippen molar-refractivity contribution in [1.82, 2.24) is 0 Å². The molecule has 0 atom stereocenters. The second-order valence-corrected chi connectivity index (χ2v) is 10.8. The largest absolute Gasteiger partial charge is 0.494 e. The van der Waals surface area contributed by atoms with Crippen molar-refractivity contribution >= 4 is 22.7 Å². The zero-order valence-electron chi connectivity index (χ0n) is 25.6. The molecule has 0 heterocycles. The number of unbranched alkanes of at least 4 members (excludes halogenated alkanes) is 6. The minimum atomic E-state index is 0.699.